The maximum atomic E-state index is 13.6. The molecule has 4 rings (SSSR count). The van der Waals surface area contributed by atoms with Gasteiger partial charge in [-0.05, 0) is 32.0 Å². The predicted molar refractivity (Wildman–Crippen MR) is 108 cm³/mol. The summed E-state index contributed by atoms with van der Waals surface area (Å²) in [5.41, 5.74) is 0.581. The van der Waals surface area contributed by atoms with Crippen LogP contribution in [0.15, 0.2) is 35.5 Å². The van der Waals surface area contributed by atoms with Crippen LogP contribution in [-0.4, -0.2) is 27.4 Å². The van der Waals surface area contributed by atoms with Crippen LogP contribution >= 0.6 is 23.2 Å². The highest BCUT2D eigenvalue weighted by Crippen LogP contribution is 2.42. The molecule has 2 aromatic heterocycles. The van der Waals surface area contributed by atoms with Gasteiger partial charge in [0.25, 0.3) is 0 Å². The van der Waals surface area contributed by atoms with Crippen LogP contribution < -0.4 is 4.74 Å². The Morgan fingerprint density at radius 3 is 2.53 bits per heavy atom. The number of hydrogen-bond acceptors (Lipinski definition) is 4. The van der Waals surface area contributed by atoms with E-state index in [1.54, 1.807) is 36.7 Å². The molecule has 3 heterocycles. The van der Waals surface area contributed by atoms with Crippen molar-refractivity contribution in [1.29, 1.82) is 0 Å². The van der Waals surface area contributed by atoms with Gasteiger partial charge in [0.1, 0.15) is 17.6 Å². The number of fused-ring (bicyclic) bond motifs is 3. The molecule has 1 aromatic carbocycles. The second-order valence-corrected chi connectivity index (χ2v) is 7.54. The van der Waals surface area contributed by atoms with Crippen LogP contribution in [0.5, 0.6) is 5.88 Å². The molecule has 0 saturated carbocycles. The number of rotatable bonds is 2. The average Bonchev–Trinajstić information content (AvgIpc) is 3.01. The van der Waals surface area contributed by atoms with Gasteiger partial charge in [-0.25, -0.2) is 9.97 Å². The largest absolute Gasteiger partial charge is 0.481 e. The van der Waals surface area contributed by atoms with Crippen LogP contribution in [0.4, 0.5) is 13.2 Å². The molecule has 1 atom stereocenters. The number of aromatic nitrogens is 3. The highest BCUT2D eigenvalue weighted by Gasteiger charge is 2.37. The third-order valence-electron chi connectivity index (χ3n) is 4.82. The van der Waals surface area contributed by atoms with E-state index in [2.05, 4.69) is 15.0 Å². The number of imidazole rings is 1. The van der Waals surface area contributed by atoms with Gasteiger partial charge < -0.3 is 4.74 Å². The van der Waals surface area contributed by atoms with Crippen molar-refractivity contribution in [3.05, 3.63) is 68.8 Å². The first-order chi connectivity index (χ1) is 14.1. The zero-order valence-corrected chi connectivity index (χ0v) is 17.6. The molecule has 0 spiro atoms. The van der Waals surface area contributed by atoms with Crippen LogP contribution in [-0.2, 0) is 6.18 Å². The van der Waals surface area contributed by atoms with Gasteiger partial charge in [0, 0.05) is 23.5 Å². The lowest BCUT2D eigenvalue weighted by Gasteiger charge is -2.18. The van der Waals surface area contributed by atoms with Gasteiger partial charge in [-0.3, -0.25) is 9.56 Å². The molecule has 1 aliphatic rings. The van der Waals surface area contributed by atoms with E-state index < -0.39 is 22.8 Å². The summed E-state index contributed by atoms with van der Waals surface area (Å²) in [6, 6.07) is 4.93. The first-order valence-corrected chi connectivity index (χ1v) is 9.62. The summed E-state index contributed by atoms with van der Waals surface area (Å²) >= 11 is 12.7. The van der Waals surface area contributed by atoms with E-state index in [9.17, 15) is 13.2 Å². The molecule has 0 N–H and O–H groups in total. The Labute approximate surface area is 180 Å². The number of aliphatic imine (C=N–C) groups is 1. The molecule has 0 unspecified atom stereocenters. The zero-order valence-electron chi connectivity index (χ0n) is 16.1. The Kier molecular flexibility index (Phi) is 5.02. The van der Waals surface area contributed by atoms with Crippen LogP contribution in [0.2, 0.25) is 10.0 Å². The average molecular weight is 455 g/mol. The molecule has 156 valence electrons. The van der Waals surface area contributed by atoms with E-state index in [4.69, 9.17) is 27.9 Å². The van der Waals surface area contributed by atoms with Gasteiger partial charge in [-0.2, -0.15) is 13.2 Å². The molecule has 0 aliphatic carbocycles. The number of ether oxygens (including phenoxy) is 1. The molecule has 0 amide bonds. The number of methoxy groups -OCH3 is 1. The van der Waals surface area contributed by atoms with E-state index in [1.165, 1.54) is 13.2 Å². The molecule has 10 heteroatoms. The molecule has 30 heavy (non-hydrogen) atoms. The van der Waals surface area contributed by atoms with E-state index in [-0.39, 0.29) is 27.9 Å². The fourth-order valence-corrected chi connectivity index (χ4v) is 4.01. The minimum absolute atomic E-state index is 0.0841. The van der Waals surface area contributed by atoms with Crippen molar-refractivity contribution in [3.63, 3.8) is 0 Å². The normalized spacial score (nSPS) is 15.9. The SMILES string of the molecule is COc1ccc(Cl)c(C2=N[C@@H](C)c3ncc(C)n3-c3ccc(C(F)(F)F)c(Cl)c32)n1. The van der Waals surface area contributed by atoms with Crippen molar-refractivity contribution in [2.24, 2.45) is 4.99 Å². The first-order valence-electron chi connectivity index (χ1n) is 8.86. The van der Waals surface area contributed by atoms with Gasteiger partial charge >= 0.3 is 6.18 Å². The Morgan fingerprint density at radius 1 is 1.13 bits per heavy atom. The van der Waals surface area contributed by atoms with Crippen molar-refractivity contribution < 1.29 is 17.9 Å². The van der Waals surface area contributed by atoms with Gasteiger partial charge in [0.15, 0.2) is 0 Å². The van der Waals surface area contributed by atoms with E-state index >= 15 is 0 Å². The maximum absolute atomic E-state index is 13.6. The van der Waals surface area contributed by atoms with Crippen molar-refractivity contribution in [2.75, 3.05) is 7.11 Å². The van der Waals surface area contributed by atoms with Crippen LogP contribution in [0, 0.1) is 6.92 Å². The summed E-state index contributed by atoms with van der Waals surface area (Å²) < 4.78 is 47.8. The Balaban J connectivity index is 2.12. The number of hydrogen-bond donors (Lipinski definition) is 0. The summed E-state index contributed by atoms with van der Waals surface area (Å²) in [7, 11) is 1.43. The second-order valence-electron chi connectivity index (χ2n) is 6.75. The summed E-state index contributed by atoms with van der Waals surface area (Å²) in [6.07, 6.45) is -3.01. The molecule has 1 aliphatic heterocycles. The quantitative estimate of drug-likeness (QED) is 0.489. The molecule has 0 bridgehead atoms. The first kappa shape index (κ1) is 20.7. The number of pyridine rings is 1. The molecular formula is C20H15Cl2F3N4O. The Bertz CT molecular complexity index is 1190. The maximum Gasteiger partial charge on any atom is 0.417 e. The molecule has 0 fully saturated rings. The molecule has 3 aromatic rings. The molecule has 0 saturated heterocycles. The fraction of sp³-hybridized carbons (Fsp3) is 0.250. The molecular weight excluding hydrogens is 440 g/mol. The monoisotopic (exact) mass is 454 g/mol. The summed E-state index contributed by atoms with van der Waals surface area (Å²) in [5.74, 6) is 0.811. The lowest BCUT2D eigenvalue weighted by atomic mass is 10.0. The zero-order chi connectivity index (χ0) is 21.8. The van der Waals surface area contributed by atoms with E-state index in [0.717, 1.165) is 11.8 Å². The number of benzene rings is 1. The lowest BCUT2D eigenvalue weighted by Crippen LogP contribution is -2.15. The van der Waals surface area contributed by atoms with Gasteiger partial charge in [0.2, 0.25) is 5.88 Å². The predicted octanol–water partition coefficient (Wildman–Crippen LogP) is 5.82. The van der Waals surface area contributed by atoms with Crippen LogP contribution in [0.3, 0.4) is 0 Å². The highest BCUT2D eigenvalue weighted by molar-refractivity contribution is 6.39. The third-order valence-corrected chi connectivity index (χ3v) is 5.52. The van der Waals surface area contributed by atoms with E-state index in [0.29, 0.717) is 11.5 Å². The Hall–Kier alpha value is -2.58. The number of alkyl halides is 3. The van der Waals surface area contributed by atoms with Gasteiger partial charge in [-0.15, -0.1) is 0 Å². The summed E-state index contributed by atoms with van der Waals surface area (Å²) in [5, 5.41) is -0.273. The van der Waals surface area contributed by atoms with Crippen molar-refractivity contribution >= 4 is 28.9 Å². The third kappa shape index (κ3) is 3.24. The fourth-order valence-electron chi connectivity index (χ4n) is 3.46. The number of halogens is 5. The highest BCUT2D eigenvalue weighted by atomic mass is 35.5. The van der Waals surface area contributed by atoms with Crippen LogP contribution in [0.25, 0.3) is 5.69 Å². The van der Waals surface area contributed by atoms with Crippen molar-refractivity contribution in [1.82, 2.24) is 14.5 Å². The standard InChI is InChI=1S/C20H15Cl2F3N4O/c1-9-8-26-19-10(2)27-18(17-12(21)5-7-14(28-17)30-3)15-13(29(9)19)6-4-11(16(15)22)20(23,24)25/h4-8,10H,1-3H3/t10-/m0/s1. The van der Waals surface area contributed by atoms with Gasteiger partial charge in [0.05, 0.1) is 34.1 Å². The van der Waals surface area contributed by atoms with Gasteiger partial charge in [-0.1, -0.05) is 23.2 Å². The Morgan fingerprint density at radius 2 is 1.87 bits per heavy atom. The van der Waals surface area contributed by atoms with Crippen LogP contribution in [0.1, 0.15) is 41.3 Å². The van der Waals surface area contributed by atoms with E-state index in [1.807, 2.05) is 0 Å². The minimum Gasteiger partial charge on any atom is -0.481 e. The molecule has 5 nitrogen and oxygen atoms in total. The smallest absolute Gasteiger partial charge is 0.417 e. The topological polar surface area (TPSA) is 52.3 Å². The summed E-state index contributed by atoms with van der Waals surface area (Å²) in [4.78, 5) is 13.4. The summed E-state index contributed by atoms with van der Waals surface area (Å²) in [6.45, 7) is 3.59. The molecule has 0 radical (unpaired) electrons. The van der Waals surface area contributed by atoms with Crippen molar-refractivity contribution in [3.8, 4) is 11.6 Å². The second kappa shape index (κ2) is 7.28. The number of nitrogens with zero attached hydrogens (tertiary/aromatic N) is 4. The minimum atomic E-state index is -4.65. The van der Waals surface area contributed by atoms with Crippen molar-refractivity contribution in [2.45, 2.75) is 26.1 Å². The number of aryl methyl sites for hydroxylation is 1. The lowest BCUT2D eigenvalue weighted by molar-refractivity contribution is -0.137.